The second-order valence-corrected chi connectivity index (χ2v) is 11.7. The molecule has 1 unspecified atom stereocenters. The third-order valence-electron chi connectivity index (χ3n) is 7.74. The first-order chi connectivity index (χ1) is 19.1. The SMILES string of the molecule is CCCCCCCC/C=C\CCCCCCCCCC(=O)OC(CCCCCCCCCC)CCCC(=O)O. The van der Waals surface area contributed by atoms with Gasteiger partial charge in [0.2, 0.25) is 0 Å². The molecule has 230 valence electrons. The van der Waals surface area contributed by atoms with E-state index in [1.54, 1.807) is 0 Å². The quantitative estimate of drug-likeness (QED) is 0.0529. The second-order valence-electron chi connectivity index (χ2n) is 11.7. The van der Waals surface area contributed by atoms with Gasteiger partial charge in [-0.2, -0.15) is 0 Å². The molecule has 0 fully saturated rings. The third kappa shape index (κ3) is 31.1. The molecule has 0 saturated heterocycles. The van der Waals surface area contributed by atoms with Crippen LogP contribution >= 0.6 is 0 Å². The Balaban J connectivity index is 3.76. The molecule has 4 nitrogen and oxygen atoms in total. The Hall–Kier alpha value is -1.32. The fourth-order valence-corrected chi connectivity index (χ4v) is 5.19. The molecule has 4 heteroatoms. The van der Waals surface area contributed by atoms with Crippen molar-refractivity contribution in [3.8, 4) is 0 Å². The van der Waals surface area contributed by atoms with E-state index < -0.39 is 5.97 Å². The summed E-state index contributed by atoms with van der Waals surface area (Å²) in [6.45, 7) is 4.51. The summed E-state index contributed by atoms with van der Waals surface area (Å²) >= 11 is 0. The van der Waals surface area contributed by atoms with Gasteiger partial charge in [0, 0.05) is 12.8 Å². The molecule has 0 radical (unpaired) electrons. The van der Waals surface area contributed by atoms with Crippen LogP contribution < -0.4 is 0 Å². The van der Waals surface area contributed by atoms with Gasteiger partial charge < -0.3 is 9.84 Å². The molecular weight excluding hydrogens is 484 g/mol. The second kappa shape index (κ2) is 31.2. The number of aliphatic carboxylic acids is 1. The molecule has 0 spiro atoms. The number of ether oxygens (including phenoxy) is 1. The Labute approximate surface area is 243 Å². The number of carbonyl (C=O) groups is 2. The van der Waals surface area contributed by atoms with Crippen LogP contribution in [0.25, 0.3) is 0 Å². The normalized spacial score (nSPS) is 12.3. The number of rotatable bonds is 31. The van der Waals surface area contributed by atoms with E-state index in [-0.39, 0.29) is 18.5 Å². The molecule has 0 aliphatic carbocycles. The van der Waals surface area contributed by atoms with Crippen LogP contribution in [0.5, 0.6) is 0 Å². The highest BCUT2D eigenvalue weighted by molar-refractivity contribution is 5.69. The van der Waals surface area contributed by atoms with Crippen LogP contribution in [0, 0.1) is 0 Å². The summed E-state index contributed by atoms with van der Waals surface area (Å²) < 4.78 is 5.78. The van der Waals surface area contributed by atoms with Crippen molar-refractivity contribution < 1.29 is 19.4 Å². The lowest BCUT2D eigenvalue weighted by Gasteiger charge is -2.18. The Morgan fingerprint density at radius 3 is 1.44 bits per heavy atom. The molecule has 0 aromatic carbocycles. The van der Waals surface area contributed by atoms with Gasteiger partial charge in [0.15, 0.2) is 0 Å². The van der Waals surface area contributed by atoms with Gasteiger partial charge in [-0.05, 0) is 57.8 Å². The number of esters is 1. The summed E-state index contributed by atoms with van der Waals surface area (Å²) in [7, 11) is 0. The summed E-state index contributed by atoms with van der Waals surface area (Å²) in [5, 5.41) is 8.95. The number of carbonyl (C=O) groups excluding carboxylic acids is 1. The first kappa shape index (κ1) is 37.7. The monoisotopic (exact) mass is 550 g/mol. The van der Waals surface area contributed by atoms with Gasteiger partial charge in [0.25, 0.3) is 0 Å². The maximum Gasteiger partial charge on any atom is 0.306 e. The van der Waals surface area contributed by atoms with Gasteiger partial charge in [-0.1, -0.05) is 135 Å². The summed E-state index contributed by atoms with van der Waals surface area (Å²) in [4.78, 5) is 23.3. The third-order valence-corrected chi connectivity index (χ3v) is 7.74. The van der Waals surface area contributed by atoms with Crippen LogP contribution in [0.2, 0.25) is 0 Å². The van der Waals surface area contributed by atoms with Crippen molar-refractivity contribution in [2.75, 3.05) is 0 Å². The van der Waals surface area contributed by atoms with Crippen LogP contribution in [0.3, 0.4) is 0 Å². The molecule has 0 rings (SSSR count). The van der Waals surface area contributed by atoms with E-state index in [1.165, 1.54) is 128 Å². The van der Waals surface area contributed by atoms with Gasteiger partial charge in [0.05, 0.1) is 0 Å². The van der Waals surface area contributed by atoms with Crippen LogP contribution in [0.1, 0.15) is 194 Å². The highest BCUT2D eigenvalue weighted by Crippen LogP contribution is 2.18. The molecule has 1 atom stereocenters. The van der Waals surface area contributed by atoms with Crippen LogP contribution in [0.4, 0.5) is 0 Å². The standard InChI is InChI=1S/C35H66O4/c1-3-5-7-9-11-13-14-15-16-17-18-19-20-21-23-25-27-32-35(38)39-33(30-28-31-34(36)37)29-26-24-22-12-10-8-6-4-2/h15-16,33H,3-14,17-32H2,1-2H3,(H,36,37)/b16-15-. The topological polar surface area (TPSA) is 63.6 Å². The van der Waals surface area contributed by atoms with Gasteiger partial charge in [-0.15, -0.1) is 0 Å². The van der Waals surface area contributed by atoms with Crippen molar-refractivity contribution >= 4 is 11.9 Å². The zero-order chi connectivity index (χ0) is 28.7. The predicted octanol–water partition coefficient (Wildman–Crippen LogP) is 11.5. The highest BCUT2D eigenvalue weighted by atomic mass is 16.5. The molecule has 0 aromatic rings. The number of hydrogen-bond acceptors (Lipinski definition) is 3. The molecule has 0 saturated carbocycles. The lowest BCUT2D eigenvalue weighted by atomic mass is 10.0. The minimum atomic E-state index is -0.771. The van der Waals surface area contributed by atoms with Crippen molar-refractivity contribution in [1.82, 2.24) is 0 Å². The van der Waals surface area contributed by atoms with E-state index in [1.807, 2.05) is 0 Å². The van der Waals surface area contributed by atoms with Gasteiger partial charge >= 0.3 is 11.9 Å². The van der Waals surface area contributed by atoms with Crippen molar-refractivity contribution in [2.24, 2.45) is 0 Å². The van der Waals surface area contributed by atoms with Crippen molar-refractivity contribution in [3.05, 3.63) is 12.2 Å². The van der Waals surface area contributed by atoms with E-state index in [2.05, 4.69) is 26.0 Å². The maximum absolute atomic E-state index is 12.4. The molecular formula is C35H66O4. The smallest absolute Gasteiger partial charge is 0.306 e. The van der Waals surface area contributed by atoms with Gasteiger partial charge in [-0.3, -0.25) is 9.59 Å². The minimum Gasteiger partial charge on any atom is -0.481 e. The van der Waals surface area contributed by atoms with E-state index >= 15 is 0 Å². The maximum atomic E-state index is 12.4. The lowest BCUT2D eigenvalue weighted by molar-refractivity contribution is -0.150. The van der Waals surface area contributed by atoms with E-state index in [0.29, 0.717) is 19.3 Å². The lowest BCUT2D eigenvalue weighted by Crippen LogP contribution is -2.18. The average molecular weight is 551 g/mol. The molecule has 0 aliphatic heterocycles. The Bertz CT molecular complexity index is 557. The molecule has 0 amide bonds. The Morgan fingerprint density at radius 2 is 0.949 bits per heavy atom. The van der Waals surface area contributed by atoms with Crippen LogP contribution in [0.15, 0.2) is 12.2 Å². The summed E-state index contributed by atoms with van der Waals surface area (Å²) in [5.74, 6) is -0.866. The molecule has 1 N–H and O–H groups in total. The number of unbranched alkanes of at least 4 members (excludes halogenated alkanes) is 20. The Morgan fingerprint density at radius 1 is 0.538 bits per heavy atom. The summed E-state index contributed by atoms with van der Waals surface area (Å²) in [6.07, 6.45) is 36.5. The van der Waals surface area contributed by atoms with Crippen LogP contribution in [-0.4, -0.2) is 23.1 Å². The largest absolute Gasteiger partial charge is 0.481 e. The first-order valence-electron chi connectivity index (χ1n) is 17.2. The first-order valence-corrected chi connectivity index (χ1v) is 17.2. The van der Waals surface area contributed by atoms with E-state index in [0.717, 1.165) is 25.7 Å². The fourth-order valence-electron chi connectivity index (χ4n) is 5.19. The average Bonchev–Trinajstić information content (AvgIpc) is 2.91. The fraction of sp³-hybridized carbons (Fsp3) is 0.886. The zero-order valence-corrected chi connectivity index (χ0v) is 26.2. The summed E-state index contributed by atoms with van der Waals surface area (Å²) in [5.41, 5.74) is 0. The number of carboxylic acid groups (broad SMARTS) is 1. The van der Waals surface area contributed by atoms with E-state index in [4.69, 9.17) is 9.84 Å². The number of hydrogen-bond donors (Lipinski definition) is 1. The van der Waals surface area contributed by atoms with Gasteiger partial charge in [-0.25, -0.2) is 0 Å². The molecule has 0 heterocycles. The molecule has 39 heavy (non-hydrogen) atoms. The summed E-state index contributed by atoms with van der Waals surface area (Å²) in [6, 6.07) is 0. The van der Waals surface area contributed by atoms with E-state index in [9.17, 15) is 9.59 Å². The number of allylic oxidation sites excluding steroid dienone is 2. The predicted molar refractivity (Wildman–Crippen MR) is 167 cm³/mol. The number of carboxylic acids is 1. The van der Waals surface area contributed by atoms with Gasteiger partial charge in [0.1, 0.15) is 6.10 Å². The Kier molecular flexibility index (Phi) is 30.2. The van der Waals surface area contributed by atoms with Crippen molar-refractivity contribution in [3.63, 3.8) is 0 Å². The molecule has 0 aliphatic rings. The van der Waals surface area contributed by atoms with Crippen LogP contribution in [-0.2, 0) is 14.3 Å². The molecule has 0 bridgehead atoms. The molecule has 0 aromatic heterocycles. The highest BCUT2D eigenvalue weighted by Gasteiger charge is 2.15. The minimum absolute atomic E-state index is 0.0948. The zero-order valence-electron chi connectivity index (χ0n) is 26.2. The van der Waals surface area contributed by atoms with Crippen molar-refractivity contribution in [2.45, 2.75) is 200 Å². The van der Waals surface area contributed by atoms with Crippen molar-refractivity contribution in [1.29, 1.82) is 0 Å².